The van der Waals surface area contributed by atoms with Gasteiger partial charge in [0.15, 0.2) is 5.96 Å². The monoisotopic (exact) mass is 425 g/mol. The zero-order chi connectivity index (χ0) is 15.6. The number of rotatable bonds is 8. The topological polar surface area (TPSA) is 45.7 Å². The molecule has 0 saturated heterocycles. The summed E-state index contributed by atoms with van der Waals surface area (Å²) >= 11 is 0. The highest BCUT2D eigenvalue weighted by Crippen LogP contribution is 2.14. The summed E-state index contributed by atoms with van der Waals surface area (Å²) in [5.74, 6) is 1.15. The number of hydrogen-bond acceptors (Lipinski definition) is 2. The van der Waals surface area contributed by atoms with E-state index in [4.69, 9.17) is 0 Å². The summed E-state index contributed by atoms with van der Waals surface area (Å²) in [4.78, 5) is 4.30. The van der Waals surface area contributed by atoms with E-state index in [1.165, 1.54) is 0 Å². The smallest absolute Gasteiger partial charge is 0.372 e. The number of nitrogens with one attached hydrogen (secondary N) is 2. The lowest BCUT2D eigenvalue weighted by atomic mass is 10.1. The number of guanidine groups is 1. The molecule has 4 nitrogen and oxygen atoms in total. The summed E-state index contributed by atoms with van der Waals surface area (Å²) in [5, 5.41) is 6.35. The number of halogens is 4. The van der Waals surface area contributed by atoms with Gasteiger partial charge >= 0.3 is 6.18 Å². The van der Waals surface area contributed by atoms with E-state index >= 15 is 0 Å². The van der Waals surface area contributed by atoms with Gasteiger partial charge in [0.1, 0.15) is 6.61 Å². The van der Waals surface area contributed by atoms with Crippen LogP contribution in [0.4, 0.5) is 13.2 Å². The largest absolute Gasteiger partial charge is 0.411 e. The Morgan fingerprint density at radius 2 is 1.86 bits per heavy atom. The number of ether oxygens (including phenoxy) is 1. The molecule has 21 heavy (non-hydrogen) atoms. The second-order valence-electron chi connectivity index (χ2n) is 4.96. The third kappa shape index (κ3) is 14.5. The molecule has 0 radical (unpaired) electrons. The van der Waals surface area contributed by atoms with E-state index in [1.54, 1.807) is 0 Å². The maximum Gasteiger partial charge on any atom is 0.411 e. The molecule has 0 heterocycles. The fraction of sp³-hybridized carbons (Fsp3) is 0.923. The number of alkyl halides is 3. The zero-order valence-electron chi connectivity index (χ0n) is 13.1. The second-order valence-corrected chi connectivity index (χ2v) is 4.96. The molecule has 0 saturated carbocycles. The van der Waals surface area contributed by atoms with Crippen molar-refractivity contribution in [1.29, 1.82) is 0 Å². The molecular formula is C13H27F3IN3O. The van der Waals surface area contributed by atoms with Gasteiger partial charge in [0.25, 0.3) is 0 Å². The predicted molar refractivity (Wildman–Crippen MR) is 90.3 cm³/mol. The molecule has 0 rings (SSSR count). The predicted octanol–water partition coefficient (Wildman–Crippen LogP) is 3.17. The van der Waals surface area contributed by atoms with E-state index in [2.05, 4.69) is 41.1 Å². The van der Waals surface area contributed by atoms with Crippen molar-refractivity contribution >= 4 is 29.9 Å². The van der Waals surface area contributed by atoms with Crippen LogP contribution >= 0.6 is 24.0 Å². The number of aliphatic imine (C=N–C) groups is 1. The second kappa shape index (κ2) is 12.3. The van der Waals surface area contributed by atoms with Gasteiger partial charge in [0, 0.05) is 25.7 Å². The fourth-order valence-electron chi connectivity index (χ4n) is 1.25. The molecule has 8 heteroatoms. The first-order chi connectivity index (χ1) is 9.26. The first-order valence-electron chi connectivity index (χ1n) is 6.95. The van der Waals surface area contributed by atoms with Crippen LogP contribution in [0.2, 0.25) is 0 Å². The van der Waals surface area contributed by atoms with Crippen LogP contribution < -0.4 is 10.6 Å². The minimum Gasteiger partial charge on any atom is -0.372 e. The lowest BCUT2D eigenvalue weighted by Crippen LogP contribution is -2.44. The van der Waals surface area contributed by atoms with Crippen molar-refractivity contribution in [2.24, 2.45) is 10.9 Å². The van der Waals surface area contributed by atoms with Crippen LogP contribution in [0.1, 0.15) is 34.1 Å². The number of nitrogens with zero attached hydrogens (tertiary/aromatic N) is 1. The van der Waals surface area contributed by atoms with Gasteiger partial charge < -0.3 is 15.4 Å². The van der Waals surface area contributed by atoms with Gasteiger partial charge in [-0.05, 0) is 26.2 Å². The Hall–Kier alpha value is -0.250. The molecule has 0 amide bonds. The Morgan fingerprint density at radius 1 is 1.24 bits per heavy atom. The van der Waals surface area contributed by atoms with Gasteiger partial charge in [0.2, 0.25) is 0 Å². The normalized spacial score (nSPS) is 13.8. The first kappa shape index (κ1) is 23.0. The Kier molecular flexibility index (Phi) is 13.5. The molecule has 0 aromatic rings. The summed E-state index contributed by atoms with van der Waals surface area (Å²) in [7, 11) is 0. The van der Waals surface area contributed by atoms with Gasteiger partial charge in [-0.15, -0.1) is 24.0 Å². The average Bonchev–Trinajstić information content (AvgIpc) is 2.32. The first-order valence-corrected chi connectivity index (χ1v) is 6.95. The molecule has 1 unspecified atom stereocenters. The summed E-state index contributed by atoms with van der Waals surface area (Å²) in [5.41, 5.74) is 0. The van der Waals surface area contributed by atoms with Crippen molar-refractivity contribution in [3.8, 4) is 0 Å². The maximum absolute atomic E-state index is 11.8. The van der Waals surface area contributed by atoms with E-state index in [-0.39, 0.29) is 36.6 Å². The Labute approximate surface area is 142 Å². The van der Waals surface area contributed by atoms with E-state index in [1.807, 2.05) is 6.92 Å². The lowest BCUT2D eigenvalue weighted by Gasteiger charge is -2.20. The average molecular weight is 425 g/mol. The summed E-state index contributed by atoms with van der Waals surface area (Å²) < 4.78 is 40.0. The summed E-state index contributed by atoms with van der Waals surface area (Å²) in [6.45, 7) is 8.26. The summed E-state index contributed by atoms with van der Waals surface area (Å²) in [6, 6.07) is 0.272. The Bertz CT molecular complexity index is 286. The molecule has 0 aliphatic heterocycles. The van der Waals surface area contributed by atoms with Crippen LogP contribution in [0.5, 0.6) is 0 Å². The van der Waals surface area contributed by atoms with Crippen molar-refractivity contribution in [1.82, 2.24) is 10.6 Å². The molecule has 0 fully saturated rings. The van der Waals surface area contributed by atoms with Crippen LogP contribution in [0.3, 0.4) is 0 Å². The van der Waals surface area contributed by atoms with E-state index in [0.717, 1.165) is 6.54 Å². The summed E-state index contributed by atoms with van der Waals surface area (Å²) in [6.07, 6.45) is -3.80. The van der Waals surface area contributed by atoms with Gasteiger partial charge in [-0.2, -0.15) is 13.2 Å². The SMILES string of the molecule is CCNC(=NCCCOCC(F)(F)F)NC(C)C(C)C.I. The van der Waals surface area contributed by atoms with Crippen LogP contribution in [-0.2, 0) is 4.74 Å². The number of hydrogen-bond donors (Lipinski definition) is 2. The van der Waals surface area contributed by atoms with Crippen LogP contribution in [0, 0.1) is 5.92 Å². The lowest BCUT2D eigenvalue weighted by molar-refractivity contribution is -0.173. The standard InChI is InChI=1S/C13H26F3N3O.HI/c1-5-17-12(19-11(4)10(2)3)18-7-6-8-20-9-13(14,15)16;/h10-11H,5-9H2,1-4H3,(H2,17,18,19);1H. The quantitative estimate of drug-likeness (QED) is 0.272. The zero-order valence-corrected chi connectivity index (χ0v) is 15.4. The van der Waals surface area contributed by atoms with E-state index < -0.39 is 12.8 Å². The van der Waals surface area contributed by atoms with Gasteiger partial charge in [-0.3, -0.25) is 4.99 Å². The van der Waals surface area contributed by atoms with Crippen molar-refractivity contribution in [3.63, 3.8) is 0 Å². The van der Waals surface area contributed by atoms with Crippen LogP contribution in [-0.4, -0.2) is 44.5 Å². The highest BCUT2D eigenvalue weighted by Gasteiger charge is 2.27. The molecule has 0 aliphatic carbocycles. The Balaban J connectivity index is 0. The third-order valence-corrected chi connectivity index (χ3v) is 2.69. The minimum atomic E-state index is -4.26. The van der Waals surface area contributed by atoms with Crippen LogP contribution in [0.15, 0.2) is 4.99 Å². The molecule has 2 N–H and O–H groups in total. The minimum absolute atomic E-state index is 0. The van der Waals surface area contributed by atoms with Crippen molar-refractivity contribution in [2.45, 2.75) is 46.3 Å². The molecule has 1 atom stereocenters. The molecule has 0 aromatic heterocycles. The molecule has 128 valence electrons. The highest BCUT2D eigenvalue weighted by atomic mass is 127. The molecule has 0 aromatic carbocycles. The maximum atomic E-state index is 11.8. The van der Waals surface area contributed by atoms with Crippen LogP contribution in [0.25, 0.3) is 0 Å². The van der Waals surface area contributed by atoms with Gasteiger partial charge in [0.05, 0.1) is 0 Å². The Morgan fingerprint density at radius 3 is 2.33 bits per heavy atom. The highest BCUT2D eigenvalue weighted by molar-refractivity contribution is 14.0. The molecular weight excluding hydrogens is 398 g/mol. The molecule has 0 aliphatic rings. The van der Waals surface area contributed by atoms with Crippen molar-refractivity contribution < 1.29 is 17.9 Å². The molecule has 0 spiro atoms. The van der Waals surface area contributed by atoms with Gasteiger partial charge in [-0.1, -0.05) is 13.8 Å². The van der Waals surface area contributed by atoms with E-state index in [0.29, 0.717) is 24.8 Å². The van der Waals surface area contributed by atoms with Crippen molar-refractivity contribution in [2.75, 3.05) is 26.3 Å². The van der Waals surface area contributed by atoms with E-state index in [9.17, 15) is 13.2 Å². The third-order valence-electron chi connectivity index (χ3n) is 2.69. The van der Waals surface area contributed by atoms with Crippen molar-refractivity contribution in [3.05, 3.63) is 0 Å². The van der Waals surface area contributed by atoms with Gasteiger partial charge in [-0.25, -0.2) is 0 Å². The fourth-order valence-corrected chi connectivity index (χ4v) is 1.25. The molecule has 0 bridgehead atoms.